The zero-order valence-corrected chi connectivity index (χ0v) is 44.8. The molecule has 2 spiro atoms. The van der Waals surface area contributed by atoms with Crippen LogP contribution in [0.5, 0.6) is 0 Å². The van der Waals surface area contributed by atoms with E-state index in [4.69, 9.17) is 9.97 Å². The first-order chi connectivity index (χ1) is 36.9. The van der Waals surface area contributed by atoms with Crippen molar-refractivity contribution >= 4 is 57.9 Å². The Kier molecular flexibility index (Phi) is 13.0. The van der Waals surface area contributed by atoms with Crippen LogP contribution in [-0.4, -0.2) is 134 Å². The maximum atomic E-state index is 15.3. The zero-order chi connectivity index (χ0) is 51.9. The molecule has 3 saturated carbocycles. The molecule has 76 heavy (non-hydrogen) atoms. The first kappa shape index (κ1) is 49.7. The normalized spacial score (nSPS) is 26.4. The average Bonchev–Trinajstić information content (AvgIpc) is 4.31. The molecular weight excluding hydrogens is 955 g/mol. The summed E-state index contributed by atoms with van der Waals surface area (Å²) in [6, 6.07) is 14.1. The number of benzene rings is 1. The maximum Gasteiger partial charge on any atom is 0.238 e. The van der Waals surface area contributed by atoms with Crippen LogP contribution in [0.15, 0.2) is 48.9 Å². The lowest BCUT2D eigenvalue weighted by Crippen LogP contribution is -2.58. The number of amides is 5. The molecule has 402 valence electrons. The molecule has 4 aromatic rings. The van der Waals surface area contributed by atoms with Crippen LogP contribution >= 0.6 is 0 Å². The van der Waals surface area contributed by atoms with Crippen molar-refractivity contribution < 1.29 is 24.0 Å². The number of pyridine rings is 2. The molecule has 8 fully saturated rings. The van der Waals surface area contributed by atoms with Gasteiger partial charge >= 0.3 is 0 Å². The Morgan fingerprint density at radius 2 is 1.42 bits per heavy atom. The van der Waals surface area contributed by atoms with E-state index in [1.54, 1.807) is 6.20 Å². The number of nitrogens with one attached hydrogen (secondary N) is 2. The summed E-state index contributed by atoms with van der Waals surface area (Å²) in [6.07, 6.45) is 21.4. The van der Waals surface area contributed by atoms with Gasteiger partial charge in [0.05, 0.1) is 28.9 Å². The molecule has 16 nitrogen and oxygen atoms in total. The highest BCUT2D eigenvalue weighted by molar-refractivity contribution is 6.09. The van der Waals surface area contributed by atoms with Gasteiger partial charge in [-0.2, -0.15) is 0 Å². The number of hydrogen-bond donors (Lipinski definition) is 2. The number of anilines is 3. The highest BCUT2D eigenvalue weighted by atomic mass is 16.2. The predicted molar refractivity (Wildman–Crippen MR) is 292 cm³/mol. The van der Waals surface area contributed by atoms with Gasteiger partial charge in [-0.1, -0.05) is 24.6 Å². The molecule has 13 rings (SSSR count). The lowest BCUT2D eigenvalue weighted by molar-refractivity contribution is -0.142. The molecule has 0 bridgehead atoms. The van der Waals surface area contributed by atoms with Crippen LogP contribution in [0.2, 0.25) is 0 Å². The van der Waals surface area contributed by atoms with E-state index < -0.39 is 5.41 Å². The molecule has 3 aliphatic carbocycles. The number of nitrogens with zero attached hydrogens (tertiary/aromatic N) is 9. The van der Waals surface area contributed by atoms with Crippen molar-refractivity contribution in [1.82, 2.24) is 39.5 Å². The van der Waals surface area contributed by atoms with E-state index in [2.05, 4.69) is 82.8 Å². The lowest BCUT2D eigenvalue weighted by Gasteiger charge is -2.48. The Morgan fingerprint density at radius 1 is 0.724 bits per heavy atom. The SMILES string of the molecule is CC(C)n1cnc2cc(-c3ccc4c(c3)N(C3CC(N5CCCCC5)C3)C(=O)C43CCN(C(=O)C4CCC5(CC4)CCN(C(=O)C4CCN(c6ccc([C@H]7CCC(=O)NC7=O)cn6)CC4)CC5)CC3)nc(NC3CC3)c21. The number of carbonyl (C=O) groups is 5. The maximum absolute atomic E-state index is 15.3. The van der Waals surface area contributed by atoms with E-state index >= 15 is 4.79 Å². The number of fused-ring (bicyclic) bond motifs is 3. The summed E-state index contributed by atoms with van der Waals surface area (Å²) < 4.78 is 2.21. The van der Waals surface area contributed by atoms with Crippen LogP contribution < -0.4 is 20.4 Å². The first-order valence-electron chi connectivity index (χ1n) is 29.4. The van der Waals surface area contributed by atoms with Gasteiger partial charge in [0.15, 0.2) is 5.82 Å². The lowest BCUT2D eigenvalue weighted by atomic mass is 9.65. The van der Waals surface area contributed by atoms with Gasteiger partial charge in [0.2, 0.25) is 29.5 Å². The number of aromatic nitrogens is 4. The van der Waals surface area contributed by atoms with Crippen molar-refractivity contribution in [2.75, 3.05) is 67.5 Å². The van der Waals surface area contributed by atoms with Crippen LogP contribution in [0.4, 0.5) is 17.3 Å². The third-order valence-electron chi connectivity index (χ3n) is 20.1. The zero-order valence-electron chi connectivity index (χ0n) is 44.8. The van der Waals surface area contributed by atoms with Crippen molar-refractivity contribution in [2.45, 2.75) is 171 Å². The fourth-order valence-electron chi connectivity index (χ4n) is 15.0. The number of likely N-dealkylation sites (tertiary alicyclic amines) is 3. The molecule has 1 atom stereocenters. The van der Waals surface area contributed by atoms with Crippen LogP contribution in [0.25, 0.3) is 22.3 Å². The molecule has 16 heteroatoms. The van der Waals surface area contributed by atoms with E-state index in [1.165, 1.54) is 19.3 Å². The van der Waals surface area contributed by atoms with Crippen LogP contribution in [0.3, 0.4) is 0 Å². The molecule has 2 N–H and O–H groups in total. The van der Waals surface area contributed by atoms with E-state index in [0.717, 1.165) is 167 Å². The topological polar surface area (TPSA) is 169 Å². The number of hydrogen-bond acceptors (Lipinski definition) is 11. The second-order valence-corrected chi connectivity index (χ2v) is 24.9. The van der Waals surface area contributed by atoms with Gasteiger partial charge in [-0.15, -0.1) is 0 Å². The van der Waals surface area contributed by atoms with Gasteiger partial charge in [-0.25, -0.2) is 15.0 Å². The molecule has 3 aromatic heterocycles. The number of imide groups is 1. The van der Waals surface area contributed by atoms with Crippen molar-refractivity contribution in [3.8, 4) is 11.3 Å². The molecule has 1 aromatic carbocycles. The van der Waals surface area contributed by atoms with E-state index in [-0.39, 0.29) is 64.8 Å². The number of carbonyl (C=O) groups excluding carboxylic acids is 5. The third-order valence-corrected chi connectivity index (χ3v) is 20.1. The quantitative estimate of drug-likeness (QED) is 0.147. The largest absolute Gasteiger partial charge is 0.366 e. The van der Waals surface area contributed by atoms with Crippen molar-refractivity contribution in [3.05, 3.63) is 60.0 Å². The Labute approximate surface area is 447 Å². The Morgan fingerprint density at radius 3 is 2.08 bits per heavy atom. The van der Waals surface area contributed by atoms with Crippen LogP contribution in [0.1, 0.15) is 159 Å². The number of imidazole rings is 1. The van der Waals surface area contributed by atoms with Gasteiger partial charge in [0, 0.05) is 99.1 Å². The average molecular weight is 1030 g/mol. The van der Waals surface area contributed by atoms with Gasteiger partial charge in [-0.05, 0) is 171 Å². The van der Waals surface area contributed by atoms with Crippen LogP contribution in [0, 0.1) is 17.3 Å². The summed E-state index contributed by atoms with van der Waals surface area (Å²) in [5.74, 6) is 1.71. The molecule has 0 radical (unpaired) electrons. The Bertz CT molecular complexity index is 2890. The van der Waals surface area contributed by atoms with Crippen molar-refractivity contribution in [2.24, 2.45) is 17.3 Å². The standard InChI is InChI=1S/C60H77N11O5/c1-38(2)70-37-62-49-35-48(64-54(53(49)70)63-43-8-9-43)41-6-11-47-50(32-41)71(45-33-44(34-45)66-24-4-3-5-25-66)58(76)60(47)22-30-69(31-23-60)56(74)39-14-18-59(19-15-39)20-28-68(29-21-59)57(75)40-16-26-67(27-17-40)51-12-7-42(36-61-51)46-10-13-52(72)65-55(46)73/h6-7,11-12,32,35-40,43-46H,3-5,8-10,13-31,33-34H2,1-2H3,(H,63,64)(H,65,72,73)/t44?,45?,46-/m1/s1. The summed E-state index contributed by atoms with van der Waals surface area (Å²) in [5, 5.41) is 6.16. The number of piperidine rings is 5. The second kappa shape index (κ2) is 19.8. The van der Waals surface area contributed by atoms with Gasteiger partial charge in [0.1, 0.15) is 11.3 Å². The fourth-order valence-corrected chi connectivity index (χ4v) is 15.0. The van der Waals surface area contributed by atoms with Crippen molar-refractivity contribution in [1.29, 1.82) is 0 Å². The molecular formula is C60H77N11O5. The summed E-state index contributed by atoms with van der Waals surface area (Å²) in [5.41, 5.74) is 6.39. The molecule has 9 heterocycles. The Balaban J connectivity index is 0.631. The molecule has 9 aliphatic rings. The fraction of sp³-hybridized carbons (Fsp3) is 0.633. The smallest absolute Gasteiger partial charge is 0.238 e. The molecule has 0 unspecified atom stereocenters. The third kappa shape index (κ3) is 9.05. The van der Waals surface area contributed by atoms with E-state index in [0.29, 0.717) is 50.9 Å². The summed E-state index contributed by atoms with van der Waals surface area (Å²) >= 11 is 0. The molecule has 5 saturated heterocycles. The first-order valence-corrected chi connectivity index (χ1v) is 29.4. The molecule has 5 amide bonds. The van der Waals surface area contributed by atoms with Crippen molar-refractivity contribution in [3.63, 3.8) is 0 Å². The van der Waals surface area contributed by atoms with Crippen LogP contribution in [-0.2, 0) is 29.4 Å². The van der Waals surface area contributed by atoms with E-state index in [1.807, 2.05) is 18.5 Å². The summed E-state index contributed by atoms with van der Waals surface area (Å²) in [7, 11) is 0. The summed E-state index contributed by atoms with van der Waals surface area (Å²) in [6.45, 7) is 11.0. The second-order valence-electron chi connectivity index (χ2n) is 24.9. The summed E-state index contributed by atoms with van der Waals surface area (Å²) in [4.78, 5) is 93.8. The van der Waals surface area contributed by atoms with Gasteiger partial charge in [-0.3, -0.25) is 29.3 Å². The number of rotatable bonds is 10. The molecule has 6 aliphatic heterocycles. The highest BCUT2D eigenvalue weighted by Gasteiger charge is 2.56. The van der Waals surface area contributed by atoms with E-state index in [9.17, 15) is 19.2 Å². The predicted octanol–water partition coefficient (Wildman–Crippen LogP) is 8.11. The minimum absolute atomic E-state index is 0.00985. The minimum atomic E-state index is -0.642. The highest BCUT2D eigenvalue weighted by Crippen LogP contribution is 2.53. The van der Waals surface area contributed by atoms with Gasteiger partial charge < -0.3 is 34.4 Å². The monoisotopic (exact) mass is 1030 g/mol. The Hall–Kier alpha value is -5.90. The minimum Gasteiger partial charge on any atom is -0.366 e. The van der Waals surface area contributed by atoms with Gasteiger partial charge in [0.25, 0.3) is 0 Å².